The third-order valence-corrected chi connectivity index (χ3v) is 4.71. The number of benzene rings is 2. The summed E-state index contributed by atoms with van der Waals surface area (Å²) in [5.41, 5.74) is 0.853. The molecule has 1 fully saturated rings. The molecule has 1 saturated heterocycles. The fraction of sp³-hybridized carbons (Fsp3) is 0.300. The van der Waals surface area contributed by atoms with Crippen molar-refractivity contribution in [2.75, 3.05) is 30.4 Å². The van der Waals surface area contributed by atoms with Gasteiger partial charge in [0.2, 0.25) is 0 Å². The van der Waals surface area contributed by atoms with Crippen LogP contribution >= 0.6 is 0 Å². The fourth-order valence-corrected chi connectivity index (χ4v) is 3.27. The number of hydrogen-bond donors (Lipinski definition) is 1. The monoisotopic (exact) mass is 371 g/mol. The highest BCUT2D eigenvalue weighted by Crippen LogP contribution is 2.28. The summed E-state index contributed by atoms with van der Waals surface area (Å²) in [4.78, 5) is 13.7. The number of para-hydroxylation sites is 1. The third kappa shape index (κ3) is 3.85. The van der Waals surface area contributed by atoms with Crippen LogP contribution in [0.3, 0.4) is 0 Å². The van der Waals surface area contributed by atoms with Crippen molar-refractivity contribution in [3.8, 4) is 6.07 Å². The lowest BCUT2D eigenvalue weighted by Gasteiger charge is -2.35. The molecule has 2 aromatic rings. The van der Waals surface area contributed by atoms with Crippen LogP contribution in [-0.2, 0) is 4.74 Å². The van der Waals surface area contributed by atoms with Crippen LogP contribution in [0.25, 0.3) is 0 Å². The first kappa shape index (κ1) is 18.6. The Morgan fingerprint density at radius 1 is 1.22 bits per heavy atom. The topological polar surface area (TPSA) is 65.4 Å². The van der Waals surface area contributed by atoms with Crippen LogP contribution in [0, 0.1) is 23.0 Å². The molecule has 27 heavy (non-hydrogen) atoms. The van der Waals surface area contributed by atoms with Crippen molar-refractivity contribution in [2.24, 2.45) is 0 Å². The lowest BCUT2D eigenvalue weighted by atomic mass is 10.0. The summed E-state index contributed by atoms with van der Waals surface area (Å²) in [6.45, 7) is 1.30. The number of piperidine rings is 1. The summed E-state index contributed by atoms with van der Waals surface area (Å²) >= 11 is 0. The minimum Gasteiger partial charge on any atom is -0.465 e. The normalized spacial score (nSPS) is 14.5. The molecule has 1 aliphatic rings. The highest BCUT2D eigenvalue weighted by Gasteiger charge is 2.25. The van der Waals surface area contributed by atoms with Gasteiger partial charge in [0.25, 0.3) is 0 Å². The Labute approximate surface area is 156 Å². The van der Waals surface area contributed by atoms with Gasteiger partial charge in [-0.1, -0.05) is 12.1 Å². The number of nitriles is 1. The van der Waals surface area contributed by atoms with Crippen LogP contribution in [-0.4, -0.2) is 32.2 Å². The second-order valence-corrected chi connectivity index (χ2v) is 6.31. The molecule has 0 radical (unpaired) electrons. The quantitative estimate of drug-likeness (QED) is 0.830. The molecule has 7 heteroatoms. The van der Waals surface area contributed by atoms with E-state index >= 15 is 0 Å². The molecule has 3 rings (SSSR count). The number of nitrogens with one attached hydrogen (secondary N) is 1. The minimum atomic E-state index is -0.945. The highest BCUT2D eigenvalue weighted by atomic mass is 19.1. The van der Waals surface area contributed by atoms with Gasteiger partial charge in [0.05, 0.1) is 23.9 Å². The predicted octanol–water partition coefficient (Wildman–Crippen LogP) is 3.70. The van der Waals surface area contributed by atoms with E-state index in [0.29, 0.717) is 31.5 Å². The van der Waals surface area contributed by atoms with Crippen molar-refractivity contribution < 1.29 is 18.3 Å². The van der Waals surface area contributed by atoms with E-state index in [1.807, 2.05) is 18.2 Å². The van der Waals surface area contributed by atoms with Gasteiger partial charge in [-0.15, -0.1) is 0 Å². The molecule has 0 bridgehead atoms. The van der Waals surface area contributed by atoms with E-state index in [9.17, 15) is 18.8 Å². The van der Waals surface area contributed by atoms with E-state index in [1.54, 1.807) is 6.07 Å². The molecular weight excluding hydrogens is 352 g/mol. The molecule has 1 heterocycles. The lowest BCUT2D eigenvalue weighted by Crippen LogP contribution is -2.39. The van der Waals surface area contributed by atoms with Crippen molar-refractivity contribution in [1.82, 2.24) is 0 Å². The van der Waals surface area contributed by atoms with E-state index in [0.717, 1.165) is 24.9 Å². The first-order chi connectivity index (χ1) is 13.0. The molecule has 0 aromatic heterocycles. The molecule has 2 aromatic carbocycles. The first-order valence-electron chi connectivity index (χ1n) is 8.62. The molecule has 0 saturated carbocycles. The molecular formula is C20H19F2N3O2. The number of anilines is 2. The van der Waals surface area contributed by atoms with Gasteiger partial charge in [-0.2, -0.15) is 5.26 Å². The molecule has 1 aliphatic heterocycles. The maximum absolute atomic E-state index is 14.5. The summed E-state index contributed by atoms with van der Waals surface area (Å²) in [5.74, 6) is -2.55. The van der Waals surface area contributed by atoms with Gasteiger partial charge in [-0.25, -0.2) is 13.6 Å². The van der Waals surface area contributed by atoms with Gasteiger partial charge in [-0.3, -0.25) is 0 Å². The fourth-order valence-electron chi connectivity index (χ4n) is 3.27. The Morgan fingerprint density at radius 2 is 1.93 bits per heavy atom. The number of carbonyl (C=O) groups excluding carboxylic acids is 1. The smallest absolute Gasteiger partial charge is 0.340 e. The van der Waals surface area contributed by atoms with E-state index in [-0.39, 0.29) is 17.3 Å². The second-order valence-electron chi connectivity index (χ2n) is 6.31. The number of halogens is 2. The number of methoxy groups -OCH3 is 1. The largest absolute Gasteiger partial charge is 0.465 e. The van der Waals surface area contributed by atoms with Gasteiger partial charge in [0, 0.05) is 19.1 Å². The van der Waals surface area contributed by atoms with Crippen molar-refractivity contribution in [3.63, 3.8) is 0 Å². The minimum absolute atomic E-state index is 0.146. The zero-order chi connectivity index (χ0) is 19.4. The molecule has 0 aliphatic carbocycles. The van der Waals surface area contributed by atoms with Crippen LogP contribution in [0.2, 0.25) is 0 Å². The van der Waals surface area contributed by atoms with Crippen LogP contribution in [0.1, 0.15) is 28.8 Å². The van der Waals surface area contributed by atoms with E-state index < -0.39 is 17.6 Å². The van der Waals surface area contributed by atoms with Gasteiger partial charge in [0.1, 0.15) is 17.6 Å². The number of hydrogen-bond acceptors (Lipinski definition) is 5. The van der Waals surface area contributed by atoms with E-state index in [4.69, 9.17) is 0 Å². The molecule has 0 atom stereocenters. The molecule has 1 N–H and O–H groups in total. The summed E-state index contributed by atoms with van der Waals surface area (Å²) in [5, 5.41) is 12.1. The van der Waals surface area contributed by atoms with Gasteiger partial charge in [0.15, 0.2) is 5.82 Å². The summed E-state index contributed by atoms with van der Waals surface area (Å²) in [7, 11) is 1.15. The Balaban J connectivity index is 1.71. The second kappa shape index (κ2) is 8.04. The van der Waals surface area contributed by atoms with E-state index in [1.165, 1.54) is 0 Å². The van der Waals surface area contributed by atoms with Crippen LogP contribution in [0.4, 0.5) is 20.2 Å². The molecule has 140 valence electrons. The summed E-state index contributed by atoms with van der Waals surface area (Å²) < 4.78 is 33.1. The predicted molar refractivity (Wildman–Crippen MR) is 97.7 cm³/mol. The Kier molecular flexibility index (Phi) is 5.55. The number of ether oxygens (including phenoxy) is 1. The van der Waals surface area contributed by atoms with Crippen molar-refractivity contribution in [3.05, 3.63) is 59.2 Å². The van der Waals surface area contributed by atoms with Crippen LogP contribution in [0.15, 0.2) is 36.4 Å². The first-order valence-corrected chi connectivity index (χ1v) is 8.62. The number of nitrogens with zero attached hydrogens (tertiary/aromatic N) is 2. The Hall–Kier alpha value is -3.14. The average molecular weight is 371 g/mol. The summed E-state index contributed by atoms with van der Waals surface area (Å²) in [6.07, 6.45) is 1.28. The van der Waals surface area contributed by atoms with Crippen LogP contribution in [0.5, 0.6) is 0 Å². The molecule has 5 nitrogen and oxygen atoms in total. The zero-order valence-corrected chi connectivity index (χ0v) is 14.8. The maximum Gasteiger partial charge on any atom is 0.340 e. The van der Waals surface area contributed by atoms with Gasteiger partial charge < -0.3 is 15.0 Å². The Bertz CT molecular complexity index is 887. The van der Waals surface area contributed by atoms with Crippen LogP contribution < -0.4 is 10.2 Å². The molecule has 0 amide bonds. The highest BCUT2D eigenvalue weighted by molar-refractivity contribution is 5.91. The SMILES string of the molecule is COC(=O)c1ccc(F)c(NC2CCN(c3ccccc3C#N)CC2)c1F. The van der Waals surface area contributed by atoms with Crippen molar-refractivity contribution >= 4 is 17.3 Å². The zero-order valence-electron chi connectivity index (χ0n) is 14.8. The number of carbonyl (C=O) groups is 1. The maximum atomic E-state index is 14.5. The third-order valence-electron chi connectivity index (χ3n) is 4.71. The Morgan fingerprint density at radius 3 is 2.59 bits per heavy atom. The standard InChI is InChI=1S/C20H19F2N3O2/c1-27-20(26)15-6-7-16(21)19(18(15)22)24-14-8-10-25(11-9-14)17-5-3-2-4-13(17)12-23/h2-7,14,24H,8-11H2,1H3. The lowest BCUT2D eigenvalue weighted by molar-refractivity contribution is 0.0595. The van der Waals surface area contributed by atoms with Gasteiger partial charge in [-0.05, 0) is 37.1 Å². The van der Waals surface area contributed by atoms with E-state index in [2.05, 4.69) is 21.0 Å². The number of esters is 1. The molecule has 0 unspecified atom stereocenters. The van der Waals surface area contributed by atoms with Gasteiger partial charge >= 0.3 is 5.97 Å². The molecule has 0 spiro atoms. The number of rotatable bonds is 4. The van der Waals surface area contributed by atoms with Crippen molar-refractivity contribution in [2.45, 2.75) is 18.9 Å². The summed E-state index contributed by atoms with van der Waals surface area (Å²) in [6, 6.07) is 11.5. The van der Waals surface area contributed by atoms with Crippen molar-refractivity contribution in [1.29, 1.82) is 5.26 Å². The average Bonchev–Trinajstić information content (AvgIpc) is 2.71.